The molecule has 0 aliphatic rings. The molecule has 2 N–H and O–H groups in total. The summed E-state index contributed by atoms with van der Waals surface area (Å²) in [5.74, 6) is 0. The van der Waals surface area contributed by atoms with E-state index in [1.54, 1.807) is 11.3 Å². The van der Waals surface area contributed by atoms with Crippen molar-refractivity contribution in [2.24, 2.45) is 0 Å². The summed E-state index contributed by atoms with van der Waals surface area (Å²) >= 11 is 1.73. The molecule has 5 heteroatoms. The van der Waals surface area contributed by atoms with E-state index in [0.29, 0.717) is 0 Å². The van der Waals surface area contributed by atoms with Crippen LogP contribution in [0.4, 0.5) is 0 Å². The summed E-state index contributed by atoms with van der Waals surface area (Å²) in [6.45, 7) is 5.81. The number of aryl methyl sites for hydroxylation is 2. The van der Waals surface area contributed by atoms with Crippen molar-refractivity contribution in [2.45, 2.75) is 33.4 Å². The number of hydrogen-bond donors (Lipinski definition) is 2. The predicted octanol–water partition coefficient (Wildman–Crippen LogP) is 2.03. The fourth-order valence-electron chi connectivity index (χ4n) is 1.47. The summed E-state index contributed by atoms with van der Waals surface area (Å²) in [4.78, 5) is 4.50. The maximum Gasteiger partial charge on any atom is 0.0926 e. The van der Waals surface area contributed by atoms with E-state index < -0.39 is 0 Å². The Hall–Kier alpha value is -1.20. The van der Waals surface area contributed by atoms with Crippen molar-refractivity contribution in [1.29, 1.82) is 0 Å². The standard InChI is InChI=1S/C11H16N4S/c1-3-11-14-10(7-16-11)6-12-4-9-5-13-15-8(9)2/h5,7,12H,3-4,6H2,1-2H3,(H,13,15). The zero-order valence-corrected chi connectivity index (χ0v) is 10.4. The van der Waals surface area contributed by atoms with E-state index in [0.717, 1.165) is 30.9 Å². The molecule has 0 saturated heterocycles. The number of aromatic nitrogens is 3. The maximum atomic E-state index is 4.50. The molecule has 0 atom stereocenters. The second kappa shape index (κ2) is 5.23. The second-order valence-corrected chi connectivity index (χ2v) is 4.65. The van der Waals surface area contributed by atoms with Gasteiger partial charge in [-0.25, -0.2) is 4.98 Å². The zero-order valence-electron chi connectivity index (χ0n) is 9.58. The molecular formula is C11H16N4S. The van der Waals surface area contributed by atoms with Gasteiger partial charge in [0.2, 0.25) is 0 Å². The first-order valence-corrected chi connectivity index (χ1v) is 6.30. The lowest BCUT2D eigenvalue weighted by Crippen LogP contribution is -2.13. The molecule has 0 radical (unpaired) electrons. The van der Waals surface area contributed by atoms with E-state index in [1.165, 1.54) is 10.6 Å². The lowest BCUT2D eigenvalue weighted by molar-refractivity contribution is 0.678. The number of nitrogens with zero attached hydrogens (tertiary/aromatic N) is 2. The maximum absolute atomic E-state index is 4.50. The van der Waals surface area contributed by atoms with Gasteiger partial charge in [0.05, 0.1) is 16.9 Å². The van der Waals surface area contributed by atoms with Gasteiger partial charge in [0.25, 0.3) is 0 Å². The van der Waals surface area contributed by atoms with Crippen molar-refractivity contribution in [3.63, 3.8) is 0 Å². The van der Waals surface area contributed by atoms with Crippen LogP contribution in [0.3, 0.4) is 0 Å². The topological polar surface area (TPSA) is 53.6 Å². The third-order valence-electron chi connectivity index (χ3n) is 2.46. The third-order valence-corrected chi connectivity index (χ3v) is 3.50. The minimum absolute atomic E-state index is 0.821. The predicted molar refractivity (Wildman–Crippen MR) is 65.4 cm³/mol. The monoisotopic (exact) mass is 236 g/mol. The largest absolute Gasteiger partial charge is 0.307 e. The summed E-state index contributed by atoms with van der Waals surface area (Å²) in [6.07, 6.45) is 2.88. The number of hydrogen-bond acceptors (Lipinski definition) is 4. The van der Waals surface area contributed by atoms with Crippen LogP contribution < -0.4 is 5.32 Å². The fraction of sp³-hybridized carbons (Fsp3) is 0.455. The minimum atomic E-state index is 0.821. The van der Waals surface area contributed by atoms with E-state index in [1.807, 2.05) is 13.1 Å². The lowest BCUT2D eigenvalue weighted by atomic mass is 10.2. The van der Waals surface area contributed by atoms with Crippen molar-refractivity contribution in [3.8, 4) is 0 Å². The van der Waals surface area contributed by atoms with Crippen LogP contribution in [0.2, 0.25) is 0 Å². The van der Waals surface area contributed by atoms with E-state index in [4.69, 9.17) is 0 Å². The van der Waals surface area contributed by atoms with Gasteiger partial charge in [0.1, 0.15) is 0 Å². The number of nitrogens with one attached hydrogen (secondary N) is 2. The molecule has 0 aliphatic carbocycles. The minimum Gasteiger partial charge on any atom is -0.307 e. The highest BCUT2D eigenvalue weighted by Crippen LogP contribution is 2.10. The molecule has 16 heavy (non-hydrogen) atoms. The van der Waals surface area contributed by atoms with Gasteiger partial charge in [0.15, 0.2) is 0 Å². The number of aromatic amines is 1. The molecule has 0 aromatic carbocycles. The molecule has 4 nitrogen and oxygen atoms in total. The van der Waals surface area contributed by atoms with Gasteiger partial charge in [-0.1, -0.05) is 6.92 Å². The molecule has 0 unspecified atom stereocenters. The summed E-state index contributed by atoms with van der Waals surface area (Å²) in [5.41, 5.74) is 3.47. The Morgan fingerprint density at radius 2 is 2.31 bits per heavy atom. The smallest absolute Gasteiger partial charge is 0.0926 e. The van der Waals surface area contributed by atoms with E-state index >= 15 is 0 Å². The average molecular weight is 236 g/mol. The molecule has 2 aromatic rings. The number of rotatable bonds is 5. The van der Waals surface area contributed by atoms with Gasteiger partial charge in [-0.05, 0) is 13.3 Å². The van der Waals surface area contributed by atoms with Crippen molar-refractivity contribution in [3.05, 3.63) is 33.5 Å². The van der Waals surface area contributed by atoms with Gasteiger partial charge in [0, 0.05) is 29.7 Å². The summed E-state index contributed by atoms with van der Waals surface area (Å²) in [7, 11) is 0. The van der Waals surface area contributed by atoms with Crippen LogP contribution in [-0.2, 0) is 19.5 Å². The highest BCUT2D eigenvalue weighted by molar-refractivity contribution is 7.09. The average Bonchev–Trinajstić information content (AvgIpc) is 2.89. The normalized spacial score (nSPS) is 10.9. The molecule has 0 bridgehead atoms. The molecule has 0 amide bonds. The van der Waals surface area contributed by atoms with E-state index in [9.17, 15) is 0 Å². The Kier molecular flexibility index (Phi) is 3.69. The molecule has 0 aliphatic heterocycles. The molecule has 86 valence electrons. The number of thiazole rings is 1. The summed E-state index contributed by atoms with van der Waals surface area (Å²) in [5, 5.41) is 13.6. The van der Waals surface area contributed by atoms with Crippen LogP contribution in [0, 0.1) is 6.92 Å². The summed E-state index contributed by atoms with van der Waals surface area (Å²) < 4.78 is 0. The molecule has 0 spiro atoms. The first-order valence-electron chi connectivity index (χ1n) is 5.42. The van der Waals surface area contributed by atoms with Crippen LogP contribution in [0.1, 0.15) is 28.9 Å². The molecular weight excluding hydrogens is 220 g/mol. The highest BCUT2D eigenvalue weighted by Gasteiger charge is 2.02. The molecule has 2 aromatic heterocycles. The van der Waals surface area contributed by atoms with Crippen molar-refractivity contribution < 1.29 is 0 Å². The molecule has 2 heterocycles. The van der Waals surface area contributed by atoms with Gasteiger partial charge in [-0.2, -0.15) is 5.10 Å². The SMILES string of the molecule is CCc1nc(CNCc2cn[nH]c2C)cs1. The molecule has 0 fully saturated rings. The van der Waals surface area contributed by atoms with Crippen molar-refractivity contribution >= 4 is 11.3 Å². The number of H-pyrrole nitrogens is 1. The Balaban J connectivity index is 1.82. The van der Waals surface area contributed by atoms with Crippen LogP contribution in [0.5, 0.6) is 0 Å². The quantitative estimate of drug-likeness (QED) is 0.835. The van der Waals surface area contributed by atoms with Crippen LogP contribution in [-0.4, -0.2) is 15.2 Å². The van der Waals surface area contributed by atoms with Crippen LogP contribution in [0.15, 0.2) is 11.6 Å². The Bertz CT molecular complexity index is 446. The van der Waals surface area contributed by atoms with Gasteiger partial charge in [-0.3, -0.25) is 5.10 Å². The van der Waals surface area contributed by atoms with Gasteiger partial charge >= 0.3 is 0 Å². The Morgan fingerprint density at radius 3 is 2.94 bits per heavy atom. The zero-order chi connectivity index (χ0) is 11.4. The van der Waals surface area contributed by atoms with Crippen molar-refractivity contribution in [2.75, 3.05) is 0 Å². The Labute approximate surface area is 99.1 Å². The summed E-state index contributed by atoms with van der Waals surface area (Å²) in [6, 6.07) is 0. The first-order chi connectivity index (χ1) is 7.79. The van der Waals surface area contributed by atoms with Crippen molar-refractivity contribution in [1.82, 2.24) is 20.5 Å². The van der Waals surface area contributed by atoms with Crippen LogP contribution in [0.25, 0.3) is 0 Å². The third kappa shape index (κ3) is 2.68. The first kappa shape index (κ1) is 11.3. The fourth-order valence-corrected chi connectivity index (χ4v) is 2.22. The lowest BCUT2D eigenvalue weighted by Gasteiger charge is -2.01. The Morgan fingerprint density at radius 1 is 1.44 bits per heavy atom. The molecule has 0 saturated carbocycles. The van der Waals surface area contributed by atoms with Gasteiger partial charge < -0.3 is 5.32 Å². The van der Waals surface area contributed by atoms with E-state index in [-0.39, 0.29) is 0 Å². The molecule has 2 rings (SSSR count). The highest BCUT2D eigenvalue weighted by atomic mass is 32.1. The second-order valence-electron chi connectivity index (χ2n) is 3.71. The van der Waals surface area contributed by atoms with E-state index in [2.05, 4.69) is 32.8 Å². The van der Waals surface area contributed by atoms with Gasteiger partial charge in [-0.15, -0.1) is 11.3 Å². The van der Waals surface area contributed by atoms with Crippen LogP contribution >= 0.6 is 11.3 Å².